The zero-order valence-corrected chi connectivity index (χ0v) is 22.0. The second-order valence-corrected chi connectivity index (χ2v) is 11.2. The average molecular weight is 532 g/mol. The smallest absolute Gasteiger partial charge is 0.255 e. The number of amides is 1. The van der Waals surface area contributed by atoms with Crippen molar-refractivity contribution in [3.63, 3.8) is 0 Å². The maximum atomic E-state index is 13.4. The summed E-state index contributed by atoms with van der Waals surface area (Å²) in [6, 6.07) is 19.1. The highest BCUT2D eigenvalue weighted by Crippen LogP contribution is 2.28. The van der Waals surface area contributed by atoms with E-state index in [0.717, 1.165) is 15.4 Å². The Bertz CT molecular complexity index is 1290. The van der Waals surface area contributed by atoms with E-state index in [1.807, 2.05) is 31.2 Å². The fraction of sp³-hybridized carbons (Fsp3) is 0.231. The van der Waals surface area contributed by atoms with Gasteiger partial charge in [-0.3, -0.25) is 4.79 Å². The minimum absolute atomic E-state index is 0.0628. The van der Waals surface area contributed by atoms with Gasteiger partial charge in [0.2, 0.25) is 10.0 Å². The largest absolute Gasteiger partial charge is 0.272 e. The lowest BCUT2D eigenvalue weighted by Gasteiger charge is -2.22. The number of hydrogen-bond donors (Lipinski definition) is 1. The molecule has 0 aliphatic carbocycles. The Morgan fingerprint density at radius 2 is 1.60 bits per heavy atom. The maximum Gasteiger partial charge on any atom is 0.255 e. The van der Waals surface area contributed by atoms with Gasteiger partial charge in [-0.25, -0.2) is 13.8 Å². The van der Waals surface area contributed by atoms with Crippen molar-refractivity contribution in [2.45, 2.75) is 38.1 Å². The number of carbonyl (C=O) groups excluding carboxylic acids is 1. The zero-order chi connectivity index (χ0) is 25.6. The van der Waals surface area contributed by atoms with E-state index in [1.165, 1.54) is 23.9 Å². The van der Waals surface area contributed by atoms with Gasteiger partial charge in [-0.1, -0.05) is 85.1 Å². The van der Waals surface area contributed by atoms with E-state index >= 15 is 0 Å². The van der Waals surface area contributed by atoms with Crippen LogP contribution in [0.15, 0.2) is 76.7 Å². The first-order chi connectivity index (χ1) is 16.6. The van der Waals surface area contributed by atoms with Gasteiger partial charge in [-0.05, 0) is 48.2 Å². The Kier molecular flexibility index (Phi) is 9.08. The number of hydrogen-bond acceptors (Lipinski definition) is 4. The predicted molar refractivity (Wildman–Crippen MR) is 142 cm³/mol. The van der Waals surface area contributed by atoms with Gasteiger partial charge >= 0.3 is 0 Å². The number of halogens is 2. The molecule has 0 aliphatic heterocycles. The van der Waals surface area contributed by atoms with Crippen LogP contribution < -0.4 is 5.43 Å². The standard InChI is InChI=1S/C26H27Cl2N3O3S/c1-18(2)21-11-9-20(10-12-21)15-29-30-26(32)17-31(16-23-24(27)5-4-6-25(23)28)35(33,34)22-13-7-19(3)8-14-22/h4-15,18H,16-17H2,1-3H3,(H,30,32)/b29-15-. The van der Waals surface area contributed by atoms with Crippen molar-refractivity contribution in [3.8, 4) is 0 Å². The number of sulfonamides is 1. The fourth-order valence-electron chi connectivity index (χ4n) is 3.29. The third-order valence-corrected chi connectivity index (χ3v) is 7.90. The molecule has 0 aliphatic rings. The molecule has 0 unspecified atom stereocenters. The first-order valence-electron chi connectivity index (χ1n) is 11.0. The monoisotopic (exact) mass is 531 g/mol. The molecule has 1 N–H and O–H groups in total. The second-order valence-electron chi connectivity index (χ2n) is 8.40. The van der Waals surface area contributed by atoms with E-state index in [-0.39, 0.29) is 11.4 Å². The van der Waals surface area contributed by atoms with Crippen LogP contribution in [-0.4, -0.2) is 31.4 Å². The molecule has 184 valence electrons. The van der Waals surface area contributed by atoms with E-state index in [4.69, 9.17) is 23.2 Å². The molecule has 0 fully saturated rings. The number of nitrogens with zero attached hydrogens (tertiary/aromatic N) is 2. The number of hydrazone groups is 1. The van der Waals surface area contributed by atoms with Crippen LogP contribution in [0.2, 0.25) is 10.0 Å². The number of nitrogens with one attached hydrogen (secondary N) is 1. The highest BCUT2D eigenvalue weighted by atomic mass is 35.5. The first-order valence-corrected chi connectivity index (χ1v) is 13.2. The van der Waals surface area contributed by atoms with Crippen molar-refractivity contribution < 1.29 is 13.2 Å². The van der Waals surface area contributed by atoms with Crippen LogP contribution in [0, 0.1) is 6.92 Å². The van der Waals surface area contributed by atoms with Crippen LogP contribution in [0.4, 0.5) is 0 Å². The molecule has 0 saturated heterocycles. The highest BCUT2D eigenvalue weighted by Gasteiger charge is 2.28. The van der Waals surface area contributed by atoms with Gasteiger partial charge < -0.3 is 0 Å². The average Bonchev–Trinajstić information content (AvgIpc) is 2.81. The van der Waals surface area contributed by atoms with Gasteiger partial charge in [0.1, 0.15) is 0 Å². The summed E-state index contributed by atoms with van der Waals surface area (Å²) < 4.78 is 27.9. The predicted octanol–water partition coefficient (Wildman–Crippen LogP) is 5.77. The second kappa shape index (κ2) is 11.8. The third-order valence-electron chi connectivity index (χ3n) is 5.38. The lowest BCUT2D eigenvalue weighted by atomic mass is 10.0. The van der Waals surface area contributed by atoms with Gasteiger partial charge in [0, 0.05) is 22.2 Å². The lowest BCUT2D eigenvalue weighted by molar-refractivity contribution is -0.121. The lowest BCUT2D eigenvalue weighted by Crippen LogP contribution is -2.39. The van der Waals surface area contributed by atoms with Gasteiger partial charge in [0.25, 0.3) is 5.91 Å². The van der Waals surface area contributed by atoms with Gasteiger partial charge in [-0.15, -0.1) is 0 Å². The van der Waals surface area contributed by atoms with E-state index in [2.05, 4.69) is 24.4 Å². The molecular formula is C26H27Cl2N3O3S. The van der Waals surface area contributed by atoms with Crippen LogP contribution >= 0.6 is 23.2 Å². The normalized spacial score (nSPS) is 12.0. The Balaban J connectivity index is 1.80. The van der Waals surface area contributed by atoms with Crippen LogP contribution in [0.1, 0.15) is 42.0 Å². The third kappa shape index (κ3) is 7.15. The molecule has 0 saturated carbocycles. The van der Waals surface area contributed by atoms with E-state index in [9.17, 15) is 13.2 Å². The summed E-state index contributed by atoms with van der Waals surface area (Å²) in [5, 5.41) is 4.60. The Morgan fingerprint density at radius 1 is 1.00 bits per heavy atom. The molecule has 3 aromatic carbocycles. The summed E-state index contributed by atoms with van der Waals surface area (Å²) in [6.07, 6.45) is 1.51. The fourth-order valence-corrected chi connectivity index (χ4v) is 5.17. The molecule has 3 aromatic rings. The number of aryl methyl sites for hydroxylation is 1. The van der Waals surface area contributed by atoms with Crippen LogP contribution in [0.3, 0.4) is 0 Å². The molecule has 6 nitrogen and oxygen atoms in total. The molecule has 1 amide bonds. The van der Waals surface area contributed by atoms with Crippen molar-refractivity contribution >= 4 is 45.3 Å². The summed E-state index contributed by atoms with van der Waals surface area (Å²) in [6.45, 7) is 5.43. The van der Waals surface area contributed by atoms with Gasteiger partial charge in [0.15, 0.2) is 0 Å². The summed E-state index contributed by atoms with van der Waals surface area (Å²) >= 11 is 12.6. The molecule has 0 spiro atoms. The van der Waals surface area contributed by atoms with Crippen molar-refractivity contribution in [1.29, 1.82) is 0 Å². The summed E-state index contributed by atoms with van der Waals surface area (Å²) in [5.41, 5.74) is 5.73. The van der Waals surface area contributed by atoms with Gasteiger partial charge in [-0.2, -0.15) is 9.41 Å². The molecule has 3 rings (SSSR count). The number of benzene rings is 3. The van der Waals surface area contributed by atoms with E-state index in [1.54, 1.807) is 30.3 Å². The highest BCUT2D eigenvalue weighted by molar-refractivity contribution is 7.89. The van der Waals surface area contributed by atoms with Crippen LogP contribution in [0.25, 0.3) is 0 Å². The molecule has 0 bridgehead atoms. The molecule has 35 heavy (non-hydrogen) atoms. The van der Waals surface area contributed by atoms with E-state index < -0.39 is 22.5 Å². The Hall–Kier alpha value is -2.71. The topological polar surface area (TPSA) is 78.8 Å². The summed E-state index contributed by atoms with van der Waals surface area (Å²) in [5.74, 6) is -0.187. The van der Waals surface area contributed by atoms with Gasteiger partial charge in [0.05, 0.1) is 17.7 Å². The maximum absolute atomic E-state index is 13.4. The van der Waals surface area contributed by atoms with Crippen LogP contribution in [0.5, 0.6) is 0 Å². The Labute approximate surface area is 216 Å². The molecule has 0 radical (unpaired) electrons. The summed E-state index contributed by atoms with van der Waals surface area (Å²) in [7, 11) is -4.03. The molecular weight excluding hydrogens is 505 g/mol. The van der Waals surface area contributed by atoms with Crippen molar-refractivity contribution in [3.05, 3.63) is 99.0 Å². The van der Waals surface area contributed by atoms with Crippen LogP contribution in [-0.2, 0) is 21.4 Å². The number of carbonyl (C=O) groups is 1. The minimum Gasteiger partial charge on any atom is -0.272 e. The first kappa shape index (κ1) is 26.9. The zero-order valence-electron chi connectivity index (χ0n) is 19.7. The van der Waals surface area contributed by atoms with E-state index in [0.29, 0.717) is 21.5 Å². The molecule has 0 aromatic heterocycles. The van der Waals surface area contributed by atoms with Crippen molar-refractivity contribution in [2.24, 2.45) is 5.10 Å². The number of rotatable bonds is 9. The summed E-state index contributed by atoms with van der Waals surface area (Å²) in [4.78, 5) is 12.7. The molecule has 9 heteroatoms. The van der Waals surface area contributed by atoms with Crippen molar-refractivity contribution in [1.82, 2.24) is 9.73 Å². The van der Waals surface area contributed by atoms with Crippen molar-refractivity contribution in [2.75, 3.05) is 6.54 Å². The minimum atomic E-state index is -4.03. The Morgan fingerprint density at radius 3 is 2.17 bits per heavy atom. The SMILES string of the molecule is Cc1ccc(S(=O)(=O)N(CC(=O)N/N=C\c2ccc(C(C)C)cc2)Cc2c(Cl)cccc2Cl)cc1. The molecule has 0 heterocycles. The quantitative estimate of drug-likeness (QED) is 0.281. The molecule has 0 atom stereocenters.